The lowest BCUT2D eigenvalue weighted by Gasteiger charge is -2.34. The number of rotatable bonds is 8. The summed E-state index contributed by atoms with van der Waals surface area (Å²) in [6, 6.07) is 8.94. The van der Waals surface area contributed by atoms with Crippen molar-refractivity contribution < 1.29 is 8.78 Å². The van der Waals surface area contributed by atoms with Gasteiger partial charge in [-0.15, -0.1) is 5.10 Å². The minimum Gasteiger partial charge on any atom is -0.375 e. The highest BCUT2D eigenvalue weighted by Crippen LogP contribution is 2.28. The van der Waals surface area contributed by atoms with Gasteiger partial charge >= 0.3 is 0 Å². The van der Waals surface area contributed by atoms with Crippen molar-refractivity contribution in [2.24, 2.45) is 10.8 Å². The molecule has 1 aliphatic rings. The van der Waals surface area contributed by atoms with E-state index in [9.17, 15) is 9.18 Å². The average Bonchev–Trinajstić information content (AvgIpc) is 3.43. The van der Waals surface area contributed by atoms with Crippen LogP contribution >= 0.6 is 24.0 Å². The standard InChI is InChI=1S/C27H29F2N9OS2/c1-3-37-14-19(24(39)18-12-20(29)23(13-22(18)37)38-10-8-36(2)9-11-38)25-31-27(35-33-25)41-15-21(32-34-26(30)40)16-4-6-17(28)7-5-16/h4-7,12-14H,3,8-11,15H2,1-2H3,(H3,30,34,40)(H,31,33,35)/b32-21-. The van der Waals surface area contributed by atoms with E-state index in [1.165, 1.54) is 30.0 Å². The molecule has 4 aromatic rings. The van der Waals surface area contributed by atoms with Crippen LogP contribution in [0.1, 0.15) is 12.5 Å². The van der Waals surface area contributed by atoms with Gasteiger partial charge in [-0.05, 0) is 56.0 Å². The largest absolute Gasteiger partial charge is 0.375 e. The van der Waals surface area contributed by atoms with Gasteiger partial charge in [-0.1, -0.05) is 23.9 Å². The summed E-state index contributed by atoms with van der Waals surface area (Å²) in [6.45, 7) is 5.66. The zero-order valence-electron chi connectivity index (χ0n) is 22.5. The molecule has 0 spiro atoms. The molecule has 0 radical (unpaired) electrons. The van der Waals surface area contributed by atoms with Crippen molar-refractivity contribution in [1.82, 2.24) is 30.1 Å². The van der Waals surface area contributed by atoms with Crippen molar-refractivity contribution in [2.75, 3.05) is 43.9 Å². The van der Waals surface area contributed by atoms with Gasteiger partial charge in [0.1, 0.15) is 11.6 Å². The molecule has 0 bridgehead atoms. The lowest BCUT2D eigenvalue weighted by atomic mass is 10.1. The molecular formula is C27H29F2N9OS2. The molecule has 0 amide bonds. The molecule has 0 unspecified atom stereocenters. The number of aryl methyl sites for hydroxylation is 1. The molecule has 214 valence electrons. The number of thiocarbonyl (C=S) groups is 1. The number of fused-ring (bicyclic) bond motifs is 1. The number of hydrazone groups is 1. The molecule has 0 aliphatic carbocycles. The van der Waals surface area contributed by atoms with Gasteiger partial charge in [0.05, 0.1) is 22.5 Å². The number of nitrogens with zero attached hydrogens (tertiary/aromatic N) is 6. The van der Waals surface area contributed by atoms with Gasteiger partial charge in [0.2, 0.25) is 5.16 Å². The van der Waals surface area contributed by atoms with Crippen LogP contribution in [0, 0.1) is 11.6 Å². The lowest BCUT2D eigenvalue weighted by molar-refractivity contribution is 0.312. The highest BCUT2D eigenvalue weighted by atomic mass is 32.2. The predicted octanol–water partition coefficient (Wildman–Crippen LogP) is 3.17. The highest BCUT2D eigenvalue weighted by Gasteiger charge is 2.21. The molecule has 14 heteroatoms. The second kappa shape index (κ2) is 12.3. The Kier molecular flexibility index (Phi) is 8.61. The molecule has 1 fully saturated rings. The maximum atomic E-state index is 15.3. The number of aromatic nitrogens is 4. The van der Waals surface area contributed by atoms with Crippen LogP contribution in [0.4, 0.5) is 14.5 Å². The van der Waals surface area contributed by atoms with Gasteiger partial charge in [0.25, 0.3) is 0 Å². The van der Waals surface area contributed by atoms with Crippen LogP contribution in [0.15, 0.2) is 57.6 Å². The van der Waals surface area contributed by atoms with Crippen LogP contribution in [0.2, 0.25) is 0 Å². The highest BCUT2D eigenvalue weighted by molar-refractivity contribution is 7.99. The average molecular weight is 598 g/mol. The van der Waals surface area contributed by atoms with E-state index in [-0.39, 0.29) is 33.1 Å². The van der Waals surface area contributed by atoms with E-state index in [1.807, 2.05) is 23.4 Å². The number of likely N-dealkylation sites (N-methyl/N-ethyl adjacent to an activating group) is 1. The Hall–Kier alpha value is -3.88. The smallest absolute Gasteiger partial charge is 0.209 e. The van der Waals surface area contributed by atoms with Gasteiger partial charge in [0, 0.05) is 50.1 Å². The van der Waals surface area contributed by atoms with E-state index in [1.54, 1.807) is 24.4 Å². The van der Waals surface area contributed by atoms with Crippen LogP contribution in [0.5, 0.6) is 0 Å². The van der Waals surface area contributed by atoms with Crippen LogP contribution in [0.25, 0.3) is 22.3 Å². The third kappa shape index (κ3) is 6.39. The summed E-state index contributed by atoms with van der Waals surface area (Å²) in [5, 5.41) is 11.9. The fourth-order valence-corrected chi connectivity index (χ4v) is 5.44. The third-order valence-electron chi connectivity index (χ3n) is 6.87. The summed E-state index contributed by atoms with van der Waals surface area (Å²) < 4.78 is 30.7. The van der Waals surface area contributed by atoms with Gasteiger partial charge in [0.15, 0.2) is 16.4 Å². The number of benzene rings is 2. The van der Waals surface area contributed by atoms with Crippen molar-refractivity contribution >= 4 is 51.4 Å². The SMILES string of the molecule is CCn1cc(-c2nc(SC/C(=N/NC(N)=S)c3ccc(F)cc3)n[nH]2)c(=O)c2cc(F)c(N3CCN(C)CC3)cc21. The Bertz CT molecular complexity index is 1660. The molecule has 2 aromatic carbocycles. The Labute approximate surface area is 244 Å². The Morgan fingerprint density at radius 3 is 2.61 bits per heavy atom. The molecule has 10 nitrogen and oxygen atoms in total. The molecule has 1 saturated heterocycles. The maximum Gasteiger partial charge on any atom is 0.209 e. The van der Waals surface area contributed by atoms with E-state index in [0.717, 1.165) is 13.1 Å². The quantitative estimate of drug-likeness (QED) is 0.122. The Balaban J connectivity index is 1.42. The number of aromatic amines is 1. The van der Waals surface area contributed by atoms with E-state index in [0.29, 0.717) is 53.0 Å². The monoisotopic (exact) mass is 597 g/mol. The summed E-state index contributed by atoms with van der Waals surface area (Å²) in [6.07, 6.45) is 1.73. The molecule has 1 aliphatic heterocycles. The summed E-state index contributed by atoms with van der Waals surface area (Å²) >= 11 is 6.10. The number of thioether (sulfide) groups is 1. The lowest BCUT2D eigenvalue weighted by Crippen LogP contribution is -2.44. The van der Waals surface area contributed by atoms with Crippen LogP contribution in [-0.2, 0) is 6.54 Å². The first-order valence-electron chi connectivity index (χ1n) is 13.0. The van der Waals surface area contributed by atoms with Gasteiger partial charge in [-0.25, -0.2) is 13.8 Å². The third-order valence-corrected chi connectivity index (χ3v) is 7.82. The first-order chi connectivity index (χ1) is 19.7. The number of nitrogens with two attached hydrogens (primary N) is 1. The Morgan fingerprint density at radius 2 is 1.93 bits per heavy atom. The second-order valence-electron chi connectivity index (χ2n) is 9.57. The van der Waals surface area contributed by atoms with E-state index in [4.69, 9.17) is 18.0 Å². The molecule has 41 heavy (non-hydrogen) atoms. The first-order valence-corrected chi connectivity index (χ1v) is 14.4. The maximum absolute atomic E-state index is 15.3. The normalized spacial score (nSPS) is 14.5. The molecule has 0 saturated carbocycles. The van der Waals surface area contributed by atoms with Crippen molar-refractivity contribution in [1.29, 1.82) is 0 Å². The number of pyridine rings is 1. The van der Waals surface area contributed by atoms with Gasteiger partial charge in [-0.3, -0.25) is 15.3 Å². The number of anilines is 1. The number of piperazine rings is 1. The summed E-state index contributed by atoms with van der Waals surface area (Å²) in [7, 11) is 2.05. The predicted molar refractivity (Wildman–Crippen MR) is 163 cm³/mol. The van der Waals surface area contributed by atoms with E-state index >= 15 is 4.39 Å². The zero-order valence-corrected chi connectivity index (χ0v) is 24.2. The van der Waals surface area contributed by atoms with Crippen molar-refractivity contribution in [3.8, 4) is 11.4 Å². The number of H-pyrrole nitrogens is 1. The fourth-order valence-electron chi connectivity index (χ4n) is 4.63. The molecule has 5 rings (SSSR count). The summed E-state index contributed by atoms with van der Waals surface area (Å²) in [5.41, 5.74) is 10.4. The number of hydrogen-bond donors (Lipinski definition) is 3. The molecule has 4 N–H and O–H groups in total. The number of hydrogen-bond acceptors (Lipinski definition) is 8. The number of nitrogens with one attached hydrogen (secondary N) is 2. The topological polar surface area (TPSA) is 120 Å². The van der Waals surface area contributed by atoms with Crippen molar-refractivity contribution in [2.45, 2.75) is 18.6 Å². The van der Waals surface area contributed by atoms with Crippen molar-refractivity contribution in [3.63, 3.8) is 0 Å². The van der Waals surface area contributed by atoms with Crippen LogP contribution in [0.3, 0.4) is 0 Å². The Morgan fingerprint density at radius 1 is 1.20 bits per heavy atom. The van der Waals surface area contributed by atoms with E-state index in [2.05, 4.69) is 30.6 Å². The van der Waals surface area contributed by atoms with Crippen LogP contribution in [-0.4, -0.2) is 74.5 Å². The van der Waals surface area contributed by atoms with E-state index < -0.39 is 5.82 Å². The first kappa shape index (κ1) is 28.6. The zero-order chi connectivity index (χ0) is 29.1. The second-order valence-corrected chi connectivity index (χ2v) is 10.9. The fraction of sp³-hybridized carbons (Fsp3) is 0.296. The minimum atomic E-state index is -0.425. The van der Waals surface area contributed by atoms with Gasteiger partial charge in [-0.2, -0.15) is 5.10 Å². The molecule has 2 aromatic heterocycles. The molecule has 0 atom stereocenters. The van der Waals surface area contributed by atoms with Gasteiger partial charge < -0.3 is 20.1 Å². The summed E-state index contributed by atoms with van der Waals surface area (Å²) in [4.78, 5) is 22.3. The number of halogens is 2. The minimum absolute atomic E-state index is 0.00890. The van der Waals surface area contributed by atoms with Crippen molar-refractivity contribution in [3.05, 3.63) is 70.0 Å². The van der Waals surface area contributed by atoms with Crippen LogP contribution < -0.4 is 21.5 Å². The molecular weight excluding hydrogens is 568 g/mol. The molecule has 3 heterocycles. The summed E-state index contributed by atoms with van der Waals surface area (Å²) in [5.74, 6) is -0.224.